The summed E-state index contributed by atoms with van der Waals surface area (Å²) in [6, 6.07) is 6.48. The van der Waals surface area contributed by atoms with E-state index in [1.54, 1.807) is 18.4 Å². The minimum absolute atomic E-state index is 0.226. The Kier molecular flexibility index (Phi) is 3.54. The molecule has 0 radical (unpaired) electrons. The average molecular weight is 275 g/mol. The lowest BCUT2D eigenvalue weighted by molar-refractivity contribution is 0.314. The van der Waals surface area contributed by atoms with Gasteiger partial charge < -0.3 is 10.2 Å². The van der Waals surface area contributed by atoms with Crippen molar-refractivity contribution in [3.63, 3.8) is 0 Å². The van der Waals surface area contributed by atoms with Gasteiger partial charge >= 0.3 is 0 Å². The van der Waals surface area contributed by atoms with Gasteiger partial charge in [0, 0.05) is 31.2 Å². The van der Waals surface area contributed by atoms with Crippen LogP contribution in [0.3, 0.4) is 0 Å². The van der Waals surface area contributed by atoms with Crippen LogP contribution in [0.15, 0.2) is 34.9 Å². The summed E-state index contributed by atoms with van der Waals surface area (Å²) < 4.78 is 18.6. The average Bonchev–Trinajstić information content (AvgIpc) is 2.98. The summed E-state index contributed by atoms with van der Waals surface area (Å²) in [5.74, 6) is 0.669. The molecule has 0 amide bonds. The van der Waals surface area contributed by atoms with E-state index in [2.05, 4.69) is 16.8 Å². The molecule has 1 fully saturated rings. The Hall–Kier alpha value is -1.72. The first-order valence-electron chi connectivity index (χ1n) is 6.80. The highest BCUT2D eigenvalue weighted by Gasteiger charge is 2.27. The molecule has 2 N–H and O–H groups in total. The third-order valence-electron chi connectivity index (χ3n) is 3.76. The van der Waals surface area contributed by atoms with Crippen LogP contribution in [0.2, 0.25) is 0 Å². The Morgan fingerprint density at radius 3 is 3.00 bits per heavy atom. The largest absolute Gasteiger partial charge is 0.444 e. The monoisotopic (exact) mass is 275 g/mol. The molecular formula is C15H18FN3O. The van der Waals surface area contributed by atoms with E-state index >= 15 is 0 Å². The van der Waals surface area contributed by atoms with Gasteiger partial charge in [0.25, 0.3) is 0 Å². The predicted octanol–water partition coefficient (Wildman–Crippen LogP) is 2.26. The molecule has 0 aliphatic carbocycles. The molecule has 20 heavy (non-hydrogen) atoms. The fourth-order valence-electron chi connectivity index (χ4n) is 2.59. The van der Waals surface area contributed by atoms with Crippen LogP contribution in [0.5, 0.6) is 0 Å². The highest BCUT2D eigenvalue weighted by atomic mass is 19.1. The van der Waals surface area contributed by atoms with Gasteiger partial charge in [0.15, 0.2) is 0 Å². The maximum Gasteiger partial charge on any atom is 0.226 e. The van der Waals surface area contributed by atoms with E-state index < -0.39 is 0 Å². The molecule has 1 aliphatic heterocycles. The SMILES string of the molecule is CC1CN(Cc2coc(-c3cccc(F)c3)n2)CC1N. The normalized spacial score (nSPS) is 23.4. The van der Waals surface area contributed by atoms with E-state index in [0.717, 1.165) is 25.3 Å². The van der Waals surface area contributed by atoms with Gasteiger partial charge in [-0.15, -0.1) is 0 Å². The van der Waals surface area contributed by atoms with Crippen LogP contribution < -0.4 is 5.73 Å². The van der Waals surface area contributed by atoms with Crippen molar-refractivity contribution in [2.24, 2.45) is 11.7 Å². The molecule has 1 saturated heterocycles. The quantitative estimate of drug-likeness (QED) is 0.933. The van der Waals surface area contributed by atoms with Crippen LogP contribution in [0, 0.1) is 11.7 Å². The summed E-state index contributed by atoms with van der Waals surface area (Å²) in [7, 11) is 0. The Labute approximate surface area is 117 Å². The van der Waals surface area contributed by atoms with E-state index in [1.165, 1.54) is 12.1 Å². The van der Waals surface area contributed by atoms with Crippen LogP contribution in [-0.2, 0) is 6.54 Å². The number of likely N-dealkylation sites (tertiary alicyclic amines) is 1. The molecule has 2 unspecified atom stereocenters. The highest BCUT2D eigenvalue weighted by molar-refractivity contribution is 5.52. The van der Waals surface area contributed by atoms with E-state index in [4.69, 9.17) is 10.2 Å². The van der Waals surface area contributed by atoms with Crippen LogP contribution in [0.1, 0.15) is 12.6 Å². The van der Waals surface area contributed by atoms with Gasteiger partial charge in [0.05, 0.1) is 5.69 Å². The number of hydrogen-bond acceptors (Lipinski definition) is 4. The van der Waals surface area contributed by atoms with Crippen LogP contribution in [0.4, 0.5) is 4.39 Å². The second kappa shape index (κ2) is 5.34. The van der Waals surface area contributed by atoms with Crippen LogP contribution in [0.25, 0.3) is 11.5 Å². The predicted molar refractivity (Wildman–Crippen MR) is 74.3 cm³/mol. The molecule has 1 aromatic carbocycles. The van der Waals surface area contributed by atoms with Gasteiger partial charge in [0.2, 0.25) is 5.89 Å². The number of benzene rings is 1. The Balaban J connectivity index is 1.71. The second-order valence-electron chi connectivity index (χ2n) is 5.49. The number of hydrogen-bond donors (Lipinski definition) is 1. The molecule has 3 rings (SSSR count). The van der Waals surface area contributed by atoms with Crippen molar-refractivity contribution in [3.8, 4) is 11.5 Å². The topological polar surface area (TPSA) is 55.3 Å². The molecule has 5 heteroatoms. The number of nitrogens with two attached hydrogens (primary N) is 1. The van der Waals surface area contributed by atoms with Gasteiger partial charge in [-0.25, -0.2) is 9.37 Å². The summed E-state index contributed by atoms with van der Waals surface area (Å²) in [5, 5.41) is 0. The van der Waals surface area contributed by atoms with Crippen molar-refractivity contribution in [2.45, 2.75) is 19.5 Å². The zero-order valence-corrected chi connectivity index (χ0v) is 11.4. The number of aromatic nitrogens is 1. The standard InChI is InChI=1S/C15H18FN3O/c1-10-6-19(8-14(10)17)7-13-9-20-15(18-13)11-3-2-4-12(16)5-11/h2-5,9-10,14H,6-8,17H2,1H3. The number of nitrogens with zero attached hydrogens (tertiary/aromatic N) is 2. The van der Waals surface area contributed by atoms with Gasteiger partial charge in [-0.05, 0) is 24.1 Å². The lowest BCUT2D eigenvalue weighted by Crippen LogP contribution is -2.28. The van der Waals surface area contributed by atoms with E-state index in [1.807, 2.05) is 0 Å². The molecule has 1 aromatic heterocycles. The molecule has 0 bridgehead atoms. The van der Waals surface area contributed by atoms with Gasteiger partial charge in [-0.2, -0.15) is 0 Å². The summed E-state index contributed by atoms with van der Waals surface area (Å²) in [4.78, 5) is 6.69. The first-order chi connectivity index (χ1) is 9.61. The highest BCUT2D eigenvalue weighted by Crippen LogP contribution is 2.21. The number of rotatable bonds is 3. The maximum atomic E-state index is 13.2. The molecule has 0 saturated carbocycles. The number of halogens is 1. The third kappa shape index (κ3) is 2.73. The van der Waals surface area contributed by atoms with Gasteiger partial charge in [-0.1, -0.05) is 13.0 Å². The summed E-state index contributed by atoms with van der Waals surface area (Å²) >= 11 is 0. The Bertz CT molecular complexity index is 588. The van der Waals surface area contributed by atoms with Crippen molar-refractivity contribution in [1.29, 1.82) is 0 Å². The molecule has 2 heterocycles. The fourth-order valence-corrected chi connectivity index (χ4v) is 2.59. The Morgan fingerprint density at radius 1 is 1.45 bits per heavy atom. The van der Waals surface area contributed by atoms with E-state index in [9.17, 15) is 4.39 Å². The second-order valence-corrected chi connectivity index (χ2v) is 5.49. The zero-order valence-electron chi connectivity index (χ0n) is 11.4. The third-order valence-corrected chi connectivity index (χ3v) is 3.76. The molecule has 106 valence electrons. The van der Waals surface area contributed by atoms with Crippen molar-refractivity contribution >= 4 is 0 Å². The van der Waals surface area contributed by atoms with Crippen molar-refractivity contribution in [1.82, 2.24) is 9.88 Å². The molecule has 4 nitrogen and oxygen atoms in total. The molecule has 0 spiro atoms. The van der Waals surface area contributed by atoms with Crippen LogP contribution >= 0.6 is 0 Å². The smallest absolute Gasteiger partial charge is 0.226 e. The minimum atomic E-state index is -0.290. The molecule has 2 aromatic rings. The van der Waals surface area contributed by atoms with Gasteiger partial charge in [-0.3, -0.25) is 4.90 Å². The first-order valence-corrected chi connectivity index (χ1v) is 6.80. The number of oxazole rings is 1. The molecule has 1 aliphatic rings. The summed E-state index contributed by atoms with van der Waals surface area (Å²) in [6.07, 6.45) is 1.63. The van der Waals surface area contributed by atoms with E-state index in [0.29, 0.717) is 17.4 Å². The first kappa shape index (κ1) is 13.3. The van der Waals surface area contributed by atoms with Crippen molar-refractivity contribution < 1.29 is 8.81 Å². The fraction of sp³-hybridized carbons (Fsp3) is 0.400. The van der Waals surface area contributed by atoms with Crippen molar-refractivity contribution in [2.75, 3.05) is 13.1 Å². The molecular weight excluding hydrogens is 257 g/mol. The van der Waals surface area contributed by atoms with E-state index in [-0.39, 0.29) is 11.9 Å². The Morgan fingerprint density at radius 2 is 2.30 bits per heavy atom. The minimum Gasteiger partial charge on any atom is -0.444 e. The lowest BCUT2D eigenvalue weighted by Gasteiger charge is -2.12. The molecule has 2 atom stereocenters. The van der Waals surface area contributed by atoms with Crippen LogP contribution in [-0.4, -0.2) is 29.0 Å². The maximum absolute atomic E-state index is 13.2. The summed E-state index contributed by atoms with van der Waals surface area (Å²) in [6.45, 7) is 4.73. The zero-order chi connectivity index (χ0) is 14.1. The summed E-state index contributed by atoms with van der Waals surface area (Å²) in [5.41, 5.74) is 7.52. The lowest BCUT2D eigenvalue weighted by atomic mass is 10.1. The van der Waals surface area contributed by atoms with Gasteiger partial charge in [0.1, 0.15) is 12.1 Å². The van der Waals surface area contributed by atoms with Crippen molar-refractivity contribution in [3.05, 3.63) is 42.0 Å².